The van der Waals surface area contributed by atoms with Gasteiger partial charge in [0.25, 0.3) is 0 Å². The van der Waals surface area contributed by atoms with Crippen LogP contribution in [0.5, 0.6) is 0 Å². The van der Waals surface area contributed by atoms with E-state index in [-0.39, 0.29) is 6.42 Å². The summed E-state index contributed by atoms with van der Waals surface area (Å²) in [6, 6.07) is 14.6. The van der Waals surface area contributed by atoms with Crippen molar-refractivity contribution in [1.29, 1.82) is 0 Å². The highest BCUT2D eigenvalue weighted by Gasteiger charge is 2.39. The van der Waals surface area contributed by atoms with Crippen LogP contribution in [0.3, 0.4) is 0 Å². The number of benzene rings is 2. The first kappa shape index (κ1) is 22.0. The maximum Gasteiger partial charge on any atom is 0.307 e. The van der Waals surface area contributed by atoms with E-state index in [1.54, 1.807) is 54.6 Å². The molecule has 0 radical (unpaired) electrons. The minimum Gasteiger partial charge on any atom is -0.481 e. The Morgan fingerprint density at radius 1 is 1.04 bits per heavy atom. The molecule has 0 spiro atoms. The van der Waals surface area contributed by atoms with Gasteiger partial charge in [0.05, 0.1) is 28.3 Å². The molecule has 0 aliphatic carbocycles. The van der Waals surface area contributed by atoms with Crippen molar-refractivity contribution >= 4 is 37.3 Å². The maximum absolute atomic E-state index is 12.3. The number of carboxylic acids is 2. The summed E-state index contributed by atoms with van der Waals surface area (Å²) in [7, 11) is -3.37. The predicted octanol–water partition coefficient (Wildman–Crippen LogP) is 3.89. The largest absolute Gasteiger partial charge is 0.481 e. The van der Waals surface area contributed by atoms with Crippen molar-refractivity contribution in [2.75, 3.05) is 5.32 Å². The summed E-state index contributed by atoms with van der Waals surface area (Å²) >= 11 is 6.20. The minimum atomic E-state index is -3.37. The Hall–Kier alpha value is -2.34. The number of carbonyl (C=O) groups is 2. The molecule has 28 heavy (non-hydrogen) atoms. The van der Waals surface area contributed by atoms with E-state index in [9.17, 15) is 24.2 Å². The summed E-state index contributed by atoms with van der Waals surface area (Å²) in [5.41, 5.74) is -0.157. The number of hydrogen-bond donors (Lipinski definition) is 4. The van der Waals surface area contributed by atoms with Crippen molar-refractivity contribution in [2.45, 2.75) is 24.5 Å². The van der Waals surface area contributed by atoms with E-state index in [1.165, 1.54) is 0 Å². The zero-order valence-electron chi connectivity index (χ0n) is 14.8. The Kier molecular flexibility index (Phi) is 8.05. The van der Waals surface area contributed by atoms with Gasteiger partial charge in [-0.05, 0) is 24.1 Å². The third-order valence-electron chi connectivity index (χ3n) is 4.41. The van der Waals surface area contributed by atoms with Gasteiger partial charge in [0.2, 0.25) is 0 Å². The summed E-state index contributed by atoms with van der Waals surface area (Å²) in [5, 5.41) is 22.0. The molecular weight excluding hydrogens is 405 g/mol. The van der Waals surface area contributed by atoms with Crippen LogP contribution in [0, 0.1) is 5.92 Å². The van der Waals surface area contributed by atoms with E-state index in [0.717, 1.165) is 0 Å². The average molecular weight is 426 g/mol. The first-order valence-corrected chi connectivity index (χ1v) is 10.4. The monoisotopic (exact) mass is 425 g/mol. The Balaban J connectivity index is 2.49. The van der Waals surface area contributed by atoms with Gasteiger partial charge in [-0.2, -0.15) is 0 Å². The van der Waals surface area contributed by atoms with Gasteiger partial charge in [-0.1, -0.05) is 54.1 Å². The molecule has 0 saturated heterocycles. The molecule has 0 amide bonds. The van der Waals surface area contributed by atoms with Crippen LogP contribution in [-0.4, -0.2) is 32.7 Å². The van der Waals surface area contributed by atoms with E-state index in [2.05, 4.69) is 5.32 Å². The smallest absolute Gasteiger partial charge is 0.307 e. The molecule has 2 aromatic carbocycles. The van der Waals surface area contributed by atoms with Gasteiger partial charge in [-0.3, -0.25) is 14.2 Å². The van der Waals surface area contributed by atoms with Crippen LogP contribution in [0.1, 0.15) is 24.4 Å². The fourth-order valence-electron chi connectivity index (χ4n) is 3.07. The molecule has 0 bridgehead atoms. The second kappa shape index (κ2) is 10.3. The van der Waals surface area contributed by atoms with Crippen LogP contribution in [0.2, 0.25) is 5.02 Å². The maximum atomic E-state index is 12.3. The van der Waals surface area contributed by atoms with Gasteiger partial charge in [0.15, 0.2) is 8.03 Å². The summed E-state index contributed by atoms with van der Waals surface area (Å²) < 4.78 is 12.3. The lowest BCUT2D eigenvalue weighted by Crippen LogP contribution is -2.35. The van der Waals surface area contributed by atoms with E-state index in [0.29, 0.717) is 16.3 Å². The molecule has 2 rings (SSSR count). The van der Waals surface area contributed by atoms with Crippen LogP contribution in [0.4, 0.5) is 5.69 Å². The predicted molar refractivity (Wildman–Crippen MR) is 107 cm³/mol. The van der Waals surface area contributed by atoms with Crippen molar-refractivity contribution in [1.82, 2.24) is 0 Å². The van der Waals surface area contributed by atoms with Crippen LogP contribution in [-0.2, 0) is 14.2 Å². The second-order valence-electron chi connectivity index (χ2n) is 6.25. The van der Waals surface area contributed by atoms with Crippen LogP contribution < -0.4 is 5.32 Å². The van der Waals surface area contributed by atoms with Crippen molar-refractivity contribution in [3.63, 3.8) is 0 Å². The molecule has 0 fully saturated rings. The van der Waals surface area contributed by atoms with E-state index in [4.69, 9.17) is 16.7 Å². The lowest BCUT2D eigenvalue weighted by atomic mass is 9.90. The number of carboxylic acid groups (broad SMARTS) is 2. The topological polar surface area (TPSA) is 124 Å². The Bertz CT molecular complexity index is 847. The van der Waals surface area contributed by atoms with Crippen molar-refractivity contribution in [3.8, 4) is 0 Å². The second-order valence-corrected chi connectivity index (χ2v) is 8.00. The molecular formula is C19H21ClNO6P. The van der Waals surface area contributed by atoms with Gasteiger partial charge < -0.3 is 20.4 Å². The Morgan fingerprint density at radius 3 is 2.18 bits per heavy atom. The molecule has 4 unspecified atom stereocenters. The van der Waals surface area contributed by atoms with Crippen LogP contribution >= 0.6 is 19.6 Å². The molecule has 0 aromatic heterocycles. The Morgan fingerprint density at radius 2 is 1.64 bits per heavy atom. The molecule has 2 aromatic rings. The van der Waals surface area contributed by atoms with Gasteiger partial charge in [-0.15, -0.1) is 0 Å². The molecule has 0 aliphatic rings. The summed E-state index contributed by atoms with van der Waals surface area (Å²) in [4.78, 5) is 32.8. The highest BCUT2D eigenvalue weighted by atomic mass is 35.5. The SMILES string of the molecule is O=C(O)CCC(C(=O)O)C(C(Nc1ccccc1Cl)c1ccccc1)[PH](=O)O. The van der Waals surface area contributed by atoms with Crippen molar-refractivity contribution < 1.29 is 29.3 Å². The molecule has 0 aliphatic heterocycles. The number of aliphatic carboxylic acids is 2. The average Bonchev–Trinajstić information content (AvgIpc) is 2.65. The zero-order valence-corrected chi connectivity index (χ0v) is 16.5. The highest BCUT2D eigenvalue weighted by Crippen LogP contribution is 2.43. The minimum absolute atomic E-state index is 0.264. The standard InChI is InChI=1S/C19H21ClNO6P/c20-14-8-4-5-9-15(14)21-17(12-6-2-1-3-7-12)18(28(26)27)13(19(24)25)10-11-16(22)23/h1-9,13,17-18,21,28H,10-11H2,(H,22,23)(H,24,25)(H,26,27). The molecule has 0 saturated carbocycles. The summed E-state index contributed by atoms with van der Waals surface area (Å²) in [5.74, 6) is -3.81. The number of para-hydroxylation sites is 1. The van der Waals surface area contributed by atoms with Crippen molar-refractivity contribution in [2.24, 2.45) is 5.92 Å². The van der Waals surface area contributed by atoms with Gasteiger partial charge in [0, 0.05) is 6.42 Å². The summed E-state index contributed by atoms with van der Waals surface area (Å²) in [6.07, 6.45) is -0.684. The molecule has 4 atom stereocenters. The molecule has 150 valence electrons. The quantitative estimate of drug-likeness (QED) is 0.425. The molecule has 0 heterocycles. The number of nitrogens with one attached hydrogen (secondary N) is 1. The third kappa shape index (κ3) is 5.83. The highest BCUT2D eigenvalue weighted by molar-refractivity contribution is 7.39. The fraction of sp³-hybridized carbons (Fsp3) is 0.263. The lowest BCUT2D eigenvalue weighted by molar-refractivity contribution is -0.143. The number of hydrogen-bond acceptors (Lipinski definition) is 4. The first-order chi connectivity index (χ1) is 13.3. The molecule has 9 heteroatoms. The number of halogens is 1. The zero-order chi connectivity index (χ0) is 20.7. The normalized spacial score (nSPS) is 15.2. The first-order valence-electron chi connectivity index (χ1n) is 8.54. The lowest BCUT2D eigenvalue weighted by Gasteiger charge is -2.31. The van der Waals surface area contributed by atoms with Gasteiger partial charge >= 0.3 is 11.9 Å². The van der Waals surface area contributed by atoms with E-state index in [1.807, 2.05) is 0 Å². The molecule has 4 N–H and O–H groups in total. The Labute approximate surface area is 167 Å². The molecule has 7 nitrogen and oxygen atoms in total. The van der Waals surface area contributed by atoms with Crippen LogP contribution in [0.15, 0.2) is 54.6 Å². The fourth-order valence-corrected chi connectivity index (χ4v) is 4.47. The summed E-state index contributed by atoms with van der Waals surface area (Å²) in [6.45, 7) is 0. The van der Waals surface area contributed by atoms with Gasteiger partial charge in [0.1, 0.15) is 0 Å². The third-order valence-corrected chi connectivity index (χ3v) is 6.04. The van der Waals surface area contributed by atoms with Gasteiger partial charge in [-0.25, -0.2) is 0 Å². The van der Waals surface area contributed by atoms with Crippen LogP contribution in [0.25, 0.3) is 0 Å². The number of anilines is 1. The van der Waals surface area contributed by atoms with Crippen molar-refractivity contribution in [3.05, 3.63) is 65.2 Å². The number of rotatable bonds is 10. The van der Waals surface area contributed by atoms with E-state index < -0.39 is 44.0 Å². The van der Waals surface area contributed by atoms with E-state index >= 15 is 0 Å².